The molecule has 0 aliphatic carbocycles. The summed E-state index contributed by atoms with van der Waals surface area (Å²) in [6, 6.07) is 15.6. The van der Waals surface area contributed by atoms with Gasteiger partial charge >= 0.3 is 0 Å². The van der Waals surface area contributed by atoms with Gasteiger partial charge in [0.2, 0.25) is 0 Å². The highest BCUT2D eigenvalue weighted by atomic mass is 32.2. The van der Waals surface area contributed by atoms with E-state index >= 15 is 0 Å². The molecule has 0 spiro atoms. The van der Waals surface area contributed by atoms with Gasteiger partial charge in [-0.3, -0.25) is 0 Å². The summed E-state index contributed by atoms with van der Waals surface area (Å²) in [7, 11) is 0. The molecule has 0 saturated heterocycles. The van der Waals surface area contributed by atoms with Crippen molar-refractivity contribution in [3.8, 4) is 0 Å². The van der Waals surface area contributed by atoms with Crippen LogP contribution in [0.25, 0.3) is 10.8 Å². The lowest BCUT2D eigenvalue weighted by Gasteiger charge is -2.20. The number of thioether (sulfide) groups is 1. The minimum atomic E-state index is 0.274. The van der Waals surface area contributed by atoms with Gasteiger partial charge in [-0.05, 0) is 35.4 Å². The summed E-state index contributed by atoms with van der Waals surface area (Å²) in [6.07, 6.45) is 0.862. The molecule has 0 bridgehead atoms. The first-order valence-electron chi connectivity index (χ1n) is 7.69. The van der Waals surface area contributed by atoms with Crippen molar-refractivity contribution < 1.29 is 5.11 Å². The zero-order valence-corrected chi connectivity index (χ0v) is 13.7. The van der Waals surface area contributed by atoms with E-state index in [-0.39, 0.29) is 6.61 Å². The molecule has 0 aliphatic rings. The van der Waals surface area contributed by atoms with Gasteiger partial charge in [0.1, 0.15) is 0 Å². The quantitative estimate of drug-likeness (QED) is 0.773. The number of hydrogen-bond acceptors (Lipinski definition) is 3. The van der Waals surface area contributed by atoms with Crippen LogP contribution in [-0.4, -0.2) is 29.3 Å². The second kappa shape index (κ2) is 8.42. The summed E-state index contributed by atoms with van der Waals surface area (Å²) < 4.78 is 0. The van der Waals surface area contributed by atoms with Crippen molar-refractivity contribution in [2.75, 3.05) is 18.9 Å². The molecule has 0 aromatic heterocycles. The number of hydrogen-bond donors (Lipinski definition) is 2. The van der Waals surface area contributed by atoms with Crippen molar-refractivity contribution >= 4 is 22.5 Å². The van der Waals surface area contributed by atoms with E-state index < -0.39 is 0 Å². The molecule has 2 aromatic carbocycles. The van der Waals surface area contributed by atoms with Crippen LogP contribution in [0.4, 0.5) is 0 Å². The zero-order valence-electron chi connectivity index (χ0n) is 12.9. The molecule has 0 fully saturated rings. The Kier molecular flexibility index (Phi) is 6.55. The first-order valence-corrected chi connectivity index (χ1v) is 8.74. The standard InChI is InChI=1S/C18H25NOS/c1-3-19-18(13-21-14(2)10-11-20)17-9-8-15-6-4-5-7-16(15)12-17/h4-9,12,14,18-20H,3,10-11,13H2,1-2H3. The van der Waals surface area contributed by atoms with Crippen LogP contribution < -0.4 is 5.32 Å². The smallest absolute Gasteiger partial charge is 0.0441 e. The van der Waals surface area contributed by atoms with Crippen molar-refractivity contribution in [3.05, 3.63) is 48.0 Å². The molecular weight excluding hydrogens is 278 g/mol. The lowest BCUT2D eigenvalue weighted by molar-refractivity contribution is 0.289. The number of nitrogens with one attached hydrogen (secondary N) is 1. The molecule has 0 amide bonds. The molecule has 114 valence electrons. The molecule has 0 heterocycles. The number of aliphatic hydroxyl groups is 1. The lowest BCUT2D eigenvalue weighted by Crippen LogP contribution is -2.23. The molecular formula is C18H25NOS. The molecule has 3 heteroatoms. The van der Waals surface area contributed by atoms with Gasteiger partial charge in [-0.25, -0.2) is 0 Å². The SMILES string of the molecule is CCNC(CSC(C)CCO)c1ccc2ccccc2c1. The van der Waals surface area contributed by atoms with Crippen molar-refractivity contribution in [2.45, 2.75) is 31.6 Å². The third-order valence-electron chi connectivity index (χ3n) is 3.71. The van der Waals surface area contributed by atoms with Crippen LogP contribution in [0, 0.1) is 0 Å². The Morgan fingerprint density at radius 1 is 1.14 bits per heavy atom. The van der Waals surface area contributed by atoms with Crippen molar-refractivity contribution in [1.82, 2.24) is 5.32 Å². The molecule has 0 saturated carbocycles. The Balaban J connectivity index is 2.11. The van der Waals surface area contributed by atoms with Gasteiger partial charge in [0.15, 0.2) is 0 Å². The number of benzene rings is 2. The van der Waals surface area contributed by atoms with Crippen molar-refractivity contribution in [2.24, 2.45) is 0 Å². The Bertz CT molecular complexity index is 558. The van der Waals surface area contributed by atoms with E-state index in [0.717, 1.165) is 18.7 Å². The van der Waals surface area contributed by atoms with E-state index in [1.807, 2.05) is 11.8 Å². The van der Waals surface area contributed by atoms with Gasteiger partial charge in [0.25, 0.3) is 0 Å². The summed E-state index contributed by atoms with van der Waals surface area (Å²) in [4.78, 5) is 0. The summed E-state index contributed by atoms with van der Waals surface area (Å²) >= 11 is 1.93. The van der Waals surface area contributed by atoms with E-state index in [9.17, 15) is 0 Å². The van der Waals surface area contributed by atoms with Crippen LogP contribution in [-0.2, 0) is 0 Å². The molecule has 2 unspecified atom stereocenters. The average molecular weight is 303 g/mol. The van der Waals surface area contributed by atoms with Gasteiger partial charge < -0.3 is 10.4 Å². The van der Waals surface area contributed by atoms with Crippen LogP contribution in [0.1, 0.15) is 31.9 Å². The fraction of sp³-hybridized carbons (Fsp3) is 0.444. The summed E-state index contributed by atoms with van der Waals surface area (Å²) in [5.74, 6) is 1.04. The first kappa shape index (κ1) is 16.3. The van der Waals surface area contributed by atoms with E-state index in [1.54, 1.807) is 0 Å². The van der Waals surface area contributed by atoms with E-state index in [4.69, 9.17) is 5.11 Å². The second-order valence-electron chi connectivity index (χ2n) is 5.37. The van der Waals surface area contributed by atoms with Crippen LogP contribution in [0.5, 0.6) is 0 Å². The van der Waals surface area contributed by atoms with Crippen molar-refractivity contribution in [1.29, 1.82) is 0 Å². The van der Waals surface area contributed by atoms with E-state index in [0.29, 0.717) is 11.3 Å². The van der Waals surface area contributed by atoms with Gasteiger partial charge in [0.05, 0.1) is 0 Å². The van der Waals surface area contributed by atoms with E-state index in [2.05, 4.69) is 61.6 Å². The molecule has 2 nitrogen and oxygen atoms in total. The molecule has 21 heavy (non-hydrogen) atoms. The second-order valence-corrected chi connectivity index (χ2v) is 6.84. The van der Waals surface area contributed by atoms with Crippen molar-refractivity contribution in [3.63, 3.8) is 0 Å². The van der Waals surface area contributed by atoms with E-state index in [1.165, 1.54) is 16.3 Å². The molecule has 2 rings (SSSR count). The first-order chi connectivity index (χ1) is 10.2. The summed E-state index contributed by atoms with van der Waals surface area (Å²) in [5.41, 5.74) is 1.35. The topological polar surface area (TPSA) is 32.3 Å². The van der Waals surface area contributed by atoms with Crippen LogP contribution in [0.15, 0.2) is 42.5 Å². The van der Waals surface area contributed by atoms with Crippen LogP contribution in [0.3, 0.4) is 0 Å². The minimum absolute atomic E-state index is 0.274. The predicted molar refractivity (Wildman–Crippen MR) is 94.0 cm³/mol. The monoisotopic (exact) mass is 303 g/mol. The van der Waals surface area contributed by atoms with Gasteiger partial charge in [0, 0.05) is 23.7 Å². The Morgan fingerprint density at radius 2 is 1.90 bits per heavy atom. The molecule has 2 N–H and O–H groups in total. The highest BCUT2D eigenvalue weighted by molar-refractivity contribution is 7.99. The maximum atomic E-state index is 9.01. The normalized spacial score (nSPS) is 14.2. The fourth-order valence-electron chi connectivity index (χ4n) is 2.47. The Morgan fingerprint density at radius 3 is 2.62 bits per heavy atom. The lowest BCUT2D eigenvalue weighted by atomic mass is 10.0. The Labute approximate surface area is 131 Å². The van der Waals surface area contributed by atoms with Gasteiger partial charge in [-0.15, -0.1) is 0 Å². The number of fused-ring (bicyclic) bond motifs is 1. The third kappa shape index (κ3) is 4.73. The van der Waals surface area contributed by atoms with Gasteiger partial charge in [-0.1, -0.05) is 50.2 Å². The average Bonchev–Trinajstić information content (AvgIpc) is 2.51. The fourth-order valence-corrected chi connectivity index (χ4v) is 3.57. The molecule has 0 aliphatic heterocycles. The summed E-state index contributed by atoms with van der Waals surface area (Å²) in [6.45, 7) is 5.57. The number of aliphatic hydroxyl groups excluding tert-OH is 1. The Hall–Kier alpha value is -1.03. The molecule has 2 aromatic rings. The van der Waals surface area contributed by atoms with Crippen LogP contribution in [0.2, 0.25) is 0 Å². The largest absolute Gasteiger partial charge is 0.396 e. The molecule has 0 radical (unpaired) electrons. The third-order valence-corrected chi connectivity index (χ3v) is 5.04. The molecule has 2 atom stereocenters. The summed E-state index contributed by atoms with van der Waals surface area (Å²) in [5, 5.41) is 15.7. The zero-order chi connectivity index (χ0) is 15.1. The number of rotatable bonds is 8. The van der Waals surface area contributed by atoms with Crippen LogP contribution >= 0.6 is 11.8 Å². The maximum absolute atomic E-state index is 9.01. The highest BCUT2D eigenvalue weighted by Crippen LogP contribution is 2.25. The predicted octanol–water partition coefficient (Wildman–Crippen LogP) is 3.99. The highest BCUT2D eigenvalue weighted by Gasteiger charge is 2.13. The maximum Gasteiger partial charge on any atom is 0.0441 e. The minimum Gasteiger partial charge on any atom is -0.396 e. The van der Waals surface area contributed by atoms with Gasteiger partial charge in [-0.2, -0.15) is 11.8 Å².